The van der Waals surface area contributed by atoms with Crippen LogP contribution in [-0.4, -0.2) is 57.9 Å². The minimum Gasteiger partial charge on any atom is -0.372 e. The summed E-state index contributed by atoms with van der Waals surface area (Å²) in [6, 6.07) is 1.81. The molecular formula is C16H26N4O3. The normalized spacial score (nSPS) is 15.3. The zero-order valence-corrected chi connectivity index (χ0v) is 14.6. The van der Waals surface area contributed by atoms with Gasteiger partial charge in [0.15, 0.2) is 0 Å². The molecule has 0 radical (unpaired) electrons. The lowest BCUT2D eigenvalue weighted by Gasteiger charge is -2.27. The van der Waals surface area contributed by atoms with E-state index in [-0.39, 0.29) is 23.8 Å². The molecule has 0 bridgehead atoms. The number of aryl methyl sites for hydroxylation is 1. The molecule has 2 heterocycles. The van der Waals surface area contributed by atoms with Crippen LogP contribution < -0.4 is 0 Å². The van der Waals surface area contributed by atoms with Crippen molar-refractivity contribution in [3.63, 3.8) is 0 Å². The average Bonchev–Trinajstić information content (AvgIpc) is 3.10. The second-order valence-corrected chi connectivity index (χ2v) is 6.72. The monoisotopic (exact) mass is 322 g/mol. The molecule has 0 N–H and O–H groups in total. The Labute approximate surface area is 137 Å². The van der Waals surface area contributed by atoms with Gasteiger partial charge in [-0.3, -0.25) is 14.3 Å². The summed E-state index contributed by atoms with van der Waals surface area (Å²) >= 11 is 0. The SMILES string of the molecule is CCOCC(=O)N1CCCN1C(=O)c1cc(C(C)(C)C)nn1C. The second-order valence-electron chi connectivity index (χ2n) is 6.72. The molecule has 1 aromatic rings. The molecule has 1 aromatic heterocycles. The Bertz CT molecular complexity index is 589. The van der Waals surface area contributed by atoms with Crippen molar-refractivity contribution in [1.82, 2.24) is 19.8 Å². The number of amides is 2. The van der Waals surface area contributed by atoms with E-state index in [1.807, 2.05) is 13.0 Å². The fourth-order valence-electron chi connectivity index (χ4n) is 2.51. The summed E-state index contributed by atoms with van der Waals surface area (Å²) in [5.41, 5.74) is 1.21. The van der Waals surface area contributed by atoms with Gasteiger partial charge in [0.2, 0.25) is 0 Å². The molecule has 0 saturated carbocycles. The Kier molecular flexibility index (Phi) is 5.09. The maximum absolute atomic E-state index is 12.8. The zero-order valence-electron chi connectivity index (χ0n) is 14.6. The molecule has 0 spiro atoms. The third-order valence-electron chi connectivity index (χ3n) is 3.85. The number of carbonyl (C=O) groups excluding carboxylic acids is 2. The minimum absolute atomic E-state index is 0.00108. The summed E-state index contributed by atoms with van der Waals surface area (Å²) in [5.74, 6) is -0.381. The number of ether oxygens (including phenoxy) is 1. The van der Waals surface area contributed by atoms with E-state index in [1.165, 1.54) is 10.0 Å². The fourth-order valence-corrected chi connectivity index (χ4v) is 2.51. The Morgan fingerprint density at radius 3 is 2.48 bits per heavy atom. The lowest BCUT2D eigenvalue weighted by molar-refractivity contribution is -0.145. The summed E-state index contributed by atoms with van der Waals surface area (Å²) in [7, 11) is 1.75. The standard InChI is InChI=1S/C16H26N4O3/c1-6-23-11-14(21)19-8-7-9-20(19)15(22)12-10-13(16(2,3)4)17-18(12)5/h10H,6-9,11H2,1-5H3. The Morgan fingerprint density at radius 2 is 1.91 bits per heavy atom. The lowest BCUT2D eigenvalue weighted by Crippen LogP contribution is -2.46. The van der Waals surface area contributed by atoms with Crippen LogP contribution in [0.15, 0.2) is 6.07 Å². The van der Waals surface area contributed by atoms with Crippen LogP contribution in [0.3, 0.4) is 0 Å². The summed E-state index contributed by atoms with van der Waals surface area (Å²) in [4.78, 5) is 25.0. The van der Waals surface area contributed by atoms with E-state index in [9.17, 15) is 9.59 Å². The molecule has 23 heavy (non-hydrogen) atoms. The Morgan fingerprint density at radius 1 is 1.26 bits per heavy atom. The number of hydrazine groups is 1. The van der Waals surface area contributed by atoms with Gasteiger partial charge in [-0.2, -0.15) is 5.10 Å². The number of nitrogens with zero attached hydrogens (tertiary/aromatic N) is 4. The van der Waals surface area contributed by atoms with E-state index in [0.29, 0.717) is 25.4 Å². The largest absolute Gasteiger partial charge is 0.372 e. The van der Waals surface area contributed by atoms with Gasteiger partial charge in [-0.05, 0) is 19.4 Å². The van der Waals surface area contributed by atoms with Gasteiger partial charge in [0.25, 0.3) is 11.8 Å². The summed E-state index contributed by atoms with van der Waals surface area (Å²) in [5, 5.41) is 7.43. The first-order valence-corrected chi connectivity index (χ1v) is 8.00. The molecule has 1 aliphatic rings. The Balaban J connectivity index is 2.19. The third kappa shape index (κ3) is 3.72. The summed E-state index contributed by atoms with van der Waals surface area (Å²) in [6.45, 7) is 9.55. The number of rotatable bonds is 4. The minimum atomic E-state index is -0.196. The van der Waals surface area contributed by atoms with Gasteiger partial charge < -0.3 is 4.74 Å². The lowest BCUT2D eigenvalue weighted by atomic mass is 9.92. The van der Waals surface area contributed by atoms with Crippen molar-refractivity contribution in [2.24, 2.45) is 7.05 Å². The van der Waals surface area contributed by atoms with E-state index >= 15 is 0 Å². The van der Waals surface area contributed by atoms with Gasteiger partial charge in [0.05, 0.1) is 5.69 Å². The van der Waals surface area contributed by atoms with Gasteiger partial charge in [-0.1, -0.05) is 20.8 Å². The number of carbonyl (C=O) groups is 2. The quantitative estimate of drug-likeness (QED) is 0.839. The maximum Gasteiger partial charge on any atom is 0.290 e. The highest BCUT2D eigenvalue weighted by Gasteiger charge is 2.33. The fraction of sp³-hybridized carbons (Fsp3) is 0.688. The van der Waals surface area contributed by atoms with Crippen molar-refractivity contribution in [3.05, 3.63) is 17.5 Å². The molecule has 1 saturated heterocycles. The predicted octanol–water partition coefficient (Wildman–Crippen LogP) is 1.34. The predicted molar refractivity (Wildman–Crippen MR) is 85.8 cm³/mol. The third-order valence-corrected chi connectivity index (χ3v) is 3.85. The highest BCUT2D eigenvalue weighted by atomic mass is 16.5. The second kappa shape index (κ2) is 6.70. The molecule has 0 aromatic carbocycles. The summed E-state index contributed by atoms with van der Waals surface area (Å²) in [6.07, 6.45) is 0.771. The van der Waals surface area contributed by atoms with Crippen molar-refractivity contribution >= 4 is 11.8 Å². The Hall–Kier alpha value is -1.89. The van der Waals surface area contributed by atoms with Gasteiger partial charge in [0.1, 0.15) is 12.3 Å². The molecule has 2 amide bonds. The molecule has 0 atom stereocenters. The molecule has 0 aliphatic carbocycles. The van der Waals surface area contributed by atoms with Crippen molar-refractivity contribution in [2.45, 2.75) is 39.5 Å². The van der Waals surface area contributed by atoms with Gasteiger partial charge >= 0.3 is 0 Å². The van der Waals surface area contributed by atoms with E-state index in [2.05, 4.69) is 25.9 Å². The number of hydrogen-bond donors (Lipinski definition) is 0. The van der Waals surface area contributed by atoms with Crippen molar-refractivity contribution in [2.75, 3.05) is 26.3 Å². The molecule has 128 valence electrons. The van der Waals surface area contributed by atoms with Gasteiger partial charge in [-0.25, -0.2) is 10.0 Å². The molecule has 7 heteroatoms. The first-order valence-electron chi connectivity index (χ1n) is 8.00. The van der Waals surface area contributed by atoms with Crippen molar-refractivity contribution in [3.8, 4) is 0 Å². The van der Waals surface area contributed by atoms with Crippen molar-refractivity contribution in [1.29, 1.82) is 0 Å². The van der Waals surface area contributed by atoms with Gasteiger partial charge in [-0.15, -0.1) is 0 Å². The molecule has 2 rings (SSSR count). The highest BCUT2D eigenvalue weighted by molar-refractivity contribution is 5.94. The maximum atomic E-state index is 12.8. The molecule has 7 nitrogen and oxygen atoms in total. The van der Waals surface area contributed by atoms with Crippen molar-refractivity contribution < 1.29 is 14.3 Å². The smallest absolute Gasteiger partial charge is 0.290 e. The van der Waals surface area contributed by atoms with Crippen LogP contribution in [0.5, 0.6) is 0 Å². The van der Waals surface area contributed by atoms with E-state index in [0.717, 1.165) is 12.1 Å². The first kappa shape index (κ1) is 17.5. The van der Waals surface area contributed by atoms with Crippen LogP contribution in [0.1, 0.15) is 50.3 Å². The highest BCUT2D eigenvalue weighted by Crippen LogP contribution is 2.23. The van der Waals surface area contributed by atoms with Crippen LogP contribution in [0.4, 0.5) is 0 Å². The van der Waals surface area contributed by atoms with E-state index < -0.39 is 0 Å². The van der Waals surface area contributed by atoms with Crippen LogP contribution in [0.25, 0.3) is 0 Å². The number of hydrogen-bond acceptors (Lipinski definition) is 4. The molecule has 0 unspecified atom stereocenters. The van der Waals surface area contributed by atoms with E-state index in [4.69, 9.17) is 4.74 Å². The van der Waals surface area contributed by atoms with Crippen LogP contribution in [-0.2, 0) is 22.0 Å². The van der Waals surface area contributed by atoms with Crippen LogP contribution >= 0.6 is 0 Å². The molecule has 1 fully saturated rings. The molecule has 1 aliphatic heterocycles. The first-order chi connectivity index (χ1) is 10.8. The zero-order chi connectivity index (χ0) is 17.2. The number of aromatic nitrogens is 2. The average molecular weight is 322 g/mol. The topological polar surface area (TPSA) is 67.7 Å². The molecular weight excluding hydrogens is 296 g/mol. The van der Waals surface area contributed by atoms with Crippen LogP contribution in [0, 0.1) is 0 Å². The van der Waals surface area contributed by atoms with Crippen LogP contribution in [0.2, 0.25) is 0 Å². The van der Waals surface area contributed by atoms with Gasteiger partial charge in [0, 0.05) is 32.2 Å². The van der Waals surface area contributed by atoms with E-state index in [1.54, 1.807) is 11.7 Å². The summed E-state index contributed by atoms with van der Waals surface area (Å²) < 4.78 is 6.76.